The summed E-state index contributed by atoms with van der Waals surface area (Å²) in [5, 5.41) is 0. The first-order valence-electron chi connectivity index (χ1n) is 15.0. The van der Waals surface area contributed by atoms with Gasteiger partial charge >= 0.3 is 12.1 Å². The molecule has 5 aromatic rings. The number of para-hydroxylation sites is 1. The zero-order chi connectivity index (χ0) is 33.6. The monoisotopic (exact) mass is 638 g/mol. The molecule has 0 aliphatic heterocycles. The maximum absolute atomic E-state index is 13.4. The largest absolute Gasteiger partial charge is 0.489 e. The number of methoxy groups -OCH3 is 1. The van der Waals surface area contributed by atoms with Crippen molar-refractivity contribution in [2.24, 2.45) is 0 Å². The lowest BCUT2D eigenvalue weighted by Crippen LogP contribution is -2.12. The molecule has 47 heavy (non-hydrogen) atoms. The number of carbonyl (C=O) groups is 2. The Morgan fingerprint density at radius 3 is 2.04 bits per heavy atom. The fourth-order valence-corrected chi connectivity index (χ4v) is 5.16. The van der Waals surface area contributed by atoms with Gasteiger partial charge in [0.05, 0.1) is 18.2 Å². The second-order valence-corrected chi connectivity index (χ2v) is 11.3. The van der Waals surface area contributed by atoms with Gasteiger partial charge in [0.15, 0.2) is 5.78 Å². The highest BCUT2D eigenvalue weighted by Crippen LogP contribution is 2.34. The van der Waals surface area contributed by atoms with E-state index in [0.29, 0.717) is 28.2 Å². The van der Waals surface area contributed by atoms with Gasteiger partial charge in [-0.25, -0.2) is 4.79 Å². The van der Waals surface area contributed by atoms with E-state index in [1.165, 1.54) is 19.2 Å². The van der Waals surface area contributed by atoms with Crippen molar-refractivity contribution in [3.05, 3.63) is 149 Å². The van der Waals surface area contributed by atoms with Gasteiger partial charge in [0.1, 0.15) is 23.9 Å². The van der Waals surface area contributed by atoms with Crippen LogP contribution in [0.3, 0.4) is 0 Å². The normalized spacial score (nSPS) is 11.3. The third-order valence-electron chi connectivity index (χ3n) is 7.64. The zero-order valence-corrected chi connectivity index (χ0v) is 26.1. The van der Waals surface area contributed by atoms with Crippen LogP contribution in [-0.4, -0.2) is 18.9 Å². The van der Waals surface area contributed by atoms with Crippen molar-refractivity contribution in [3.8, 4) is 28.4 Å². The summed E-state index contributed by atoms with van der Waals surface area (Å²) in [6.45, 7) is 4.14. The van der Waals surface area contributed by atoms with Crippen molar-refractivity contribution in [3.63, 3.8) is 0 Å². The maximum Gasteiger partial charge on any atom is 0.416 e. The van der Waals surface area contributed by atoms with E-state index >= 15 is 0 Å². The van der Waals surface area contributed by atoms with Crippen LogP contribution in [0.2, 0.25) is 0 Å². The van der Waals surface area contributed by atoms with Crippen molar-refractivity contribution in [1.82, 2.24) is 0 Å². The van der Waals surface area contributed by atoms with Crippen LogP contribution >= 0.6 is 0 Å². The van der Waals surface area contributed by atoms with Gasteiger partial charge in [-0.05, 0) is 94.4 Å². The summed E-state index contributed by atoms with van der Waals surface area (Å²) in [5.74, 6) is 0.756. The summed E-state index contributed by atoms with van der Waals surface area (Å²) in [4.78, 5) is 26.3. The predicted molar refractivity (Wildman–Crippen MR) is 174 cm³/mol. The predicted octanol–water partition coefficient (Wildman–Crippen LogP) is 10.1. The van der Waals surface area contributed by atoms with Gasteiger partial charge in [-0.15, -0.1) is 0 Å². The van der Waals surface area contributed by atoms with Crippen LogP contribution in [0.1, 0.15) is 62.7 Å². The number of ether oxygens (including phenoxy) is 3. The van der Waals surface area contributed by atoms with Gasteiger partial charge in [0.2, 0.25) is 0 Å². The van der Waals surface area contributed by atoms with E-state index in [9.17, 15) is 22.8 Å². The molecule has 0 aromatic heterocycles. The lowest BCUT2D eigenvalue weighted by Gasteiger charge is -2.18. The number of Topliss-reactive ketones (excluding diaryl/α,β-unsaturated/α-hetero) is 1. The Bertz CT molecular complexity index is 1850. The highest BCUT2D eigenvalue weighted by Gasteiger charge is 2.30. The van der Waals surface area contributed by atoms with Gasteiger partial charge in [-0.3, -0.25) is 4.79 Å². The van der Waals surface area contributed by atoms with Gasteiger partial charge < -0.3 is 14.2 Å². The summed E-state index contributed by atoms with van der Waals surface area (Å²) in [6, 6.07) is 32.0. The Morgan fingerprint density at radius 2 is 1.40 bits per heavy atom. The number of alkyl halides is 3. The Hall–Kier alpha value is -5.37. The molecule has 5 nitrogen and oxygen atoms in total. The van der Waals surface area contributed by atoms with Crippen LogP contribution in [-0.2, 0) is 23.9 Å². The molecular weight excluding hydrogens is 605 g/mol. The summed E-state index contributed by atoms with van der Waals surface area (Å²) in [7, 11) is 1.30. The van der Waals surface area contributed by atoms with E-state index in [4.69, 9.17) is 14.2 Å². The number of halogens is 3. The van der Waals surface area contributed by atoms with Crippen LogP contribution in [0.15, 0.2) is 115 Å². The second-order valence-electron chi connectivity index (χ2n) is 11.3. The number of benzene rings is 5. The smallest absolute Gasteiger partial charge is 0.416 e. The first-order chi connectivity index (χ1) is 22.5. The molecular formula is C39H33F3O5. The van der Waals surface area contributed by atoms with Gasteiger partial charge in [-0.1, -0.05) is 68.4 Å². The standard InChI is InChI=1S/C39H33F3O5/c1-25(2)34-20-29(21-37(43)28-16-18-32(19-17-28)47-31-9-5-4-6-10-31)36(38(44)45-3)23-35(34)27-14-12-26(13-15-27)24-46-33-11-7-8-30(22-33)39(40,41)42/h4-20,22-23,25H,21,24H2,1-3H3. The van der Waals surface area contributed by atoms with Crippen LogP contribution in [0.5, 0.6) is 17.2 Å². The summed E-state index contributed by atoms with van der Waals surface area (Å²) in [5.41, 5.74) is 3.90. The Morgan fingerprint density at radius 1 is 0.745 bits per heavy atom. The molecule has 0 saturated carbocycles. The topological polar surface area (TPSA) is 61.8 Å². The Labute approximate surface area is 271 Å². The van der Waals surface area contributed by atoms with Crippen molar-refractivity contribution >= 4 is 11.8 Å². The molecule has 0 amide bonds. The molecule has 0 atom stereocenters. The molecule has 0 N–H and O–H groups in total. The Balaban J connectivity index is 1.36. The number of rotatable bonds is 11. The number of hydrogen-bond acceptors (Lipinski definition) is 5. The molecule has 5 rings (SSSR count). The van der Waals surface area contributed by atoms with E-state index in [0.717, 1.165) is 34.4 Å². The minimum Gasteiger partial charge on any atom is -0.489 e. The minimum atomic E-state index is -4.45. The molecule has 0 heterocycles. The maximum atomic E-state index is 13.4. The van der Waals surface area contributed by atoms with Crippen LogP contribution < -0.4 is 9.47 Å². The lowest BCUT2D eigenvalue weighted by molar-refractivity contribution is -0.137. The van der Waals surface area contributed by atoms with Crippen LogP contribution in [0.25, 0.3) is 11.1 Å². The van der Waals surface area contributed by atoms with E-state index in [1.807, 2.05) is 74.5 Å². The zero-order valence-electron chi connectivity index (χ0n) is 26.1. The summed E-state index contributed by atoms with van der Waals surface area (Å²) in [6.07, 6.45) is -4.46. The average molecular weight is 639 g/mol. The number of hydrogen-bond donors (Lipinski definition) is 0. The minimum absolute atomic E-state index is 0.00482. The fraction of sp³-hybridized carbons (Fsp3) is 0.179. The van der Waals surface area contributed by atoms with Gasteiger partial charge in [0.25, 0.3) is 0 Å². The van der Waals surface area contributed by atoms with E-state index in [2.05, 4.69) is 0 Å². The molecule has 8 heteroatoms. The van der Waals surface area contributed by atoms with Crippen molar-refractivity contribution < 1.29 is 37.0 Å². The molecule has 0 spiro atoms. The van der Waals surface area contributed by atoms with E-state index < -0.39 is 17.7 Å². The quantitative estimate of drug-likeness (QED) is 0.106. The summed E-state index contributed by atoms with van der Waals surface area (Å²) < 4.78 is 55.7. The highest BCUT2D eigenvalue weighted by molar-refractivity contribution is 6.01. The van der Waals surface area contributed by atoms with E-state index in [1.54, 1.807) is 30.3 Å². The summed E-state index contributed by atoms with van der Waals surface area (Å²) >= 11 is 0. The SMILES string of the molecule is COC(=O)c1cc(-c2ccc(COc3cccc(C(F)(F)F)c3)cc2)c(C(C)C)cc1CC(=O)c1ccc(Oc2ccccc2)cc1. The lowest BCUT2D eigenvalue weighted by atomic mass is 9.86. The third kappa shape index (κ3) is 8.27. The molecule has 0 saturated heterocycles. The van der Waals surface area contributed by atoms with Gasteiger partial charge in [0, 0.05) is 12.0 Å². The fourth-order valence-electron chi connectivity index (χ4n) is 5.16. The molecule has 240 valence electrons. The Kier molecular flexibility index (Phi) is 10.1. The third-order valence-corrected chi connectivity index (χ3v) is 7.64. The average Bonchev–Trinajstić information content (AvgIpc) is 3.07. The van der Waals surface area contributed by atoms with Gasteiger partial charge in [-0.2, -0.15) is 13.2 Å². The molecule has 0 aliphatic carbocycles. The van der Waals surface area contributed by atoms with Crippen LogP contribution in [0, 0.1) is 0 Å². The molecule has 0 bridgehead atoms. The number of ketones is 1. The number of esters is 1. The van der Waals surface area contributed by atoms with Crippen molar-refractivity contribution in [2.75, 3.05) is 7.11 Å². The first kappa shape index (κ1) is 33.0. The van der Waals surface area contributed by atoms with E-state index in [-0.39, 0.29) is 30.5 Å². The second kappa shape index (κ2) is 14.4. The number of carbonyl (C=O) groups excluding carboxylic acids is 2. The first-order valence-corrected chi connectivity index (χ1v) is 15.0. The molecule has 0 unspecified atom stereocenters. The highest BCUT2D eigenvalue weighted by atomic mass is 19.4. The van der Waals surface area contributed by atoms with Crippen LogP contribution in [0.4, 0.5) is 13.2 Å². The molecule has 0 fully saturated rings. The van der Waals surface area contributed by atoms with Crippen molar-refractivity contribution in [1.29, 1.82) is 0 Å². The van der Waals surface area contributed by atoms with Crippen molar-refractivity contribution in [2.45, 2.75) is 39.0 Å². The molecule has 5 aromatic carbocycles. The molecule has 0 radical (unpaired) electrons. The molecule has 0 aliphatic rings.